The number of carbonyl (C=O) groups excluding carboxylic acids is 1. The van der Waals surface area contributed by atoms with Crippen molar-refractivity contribution in [3.63, 3.8) is 0 Å². The van der Waals surface area contributed by atoms with Gasteiger partial charge in [-0.15, -0.1) is 0 Å². The van der Waals surface area contributed by atoms with E-state index in [-0.39, 0.29) is 35.0 Å². The summed E-state index contributed by atoms with van der Waals surface area (Å²) in [5.74, 6) is -0.0688. The van der Waals surface area contributed by atoms with Crippen molar-refractivity contribution < 1.29 is 27.4 Å². The van der Waals surface area contributed by atoms with Crippen molar-refractivity contribution in [1.82, 2.24) is 19.8 Å². The van der Waals surface area contributed by atoms with E-state index in [1.807, 2.05) is 6.92 Å². The fourth-order valence-corrected chi connectivity index (χ4v) is 4.85. The lowest BCUT2D eigenvalue weighted by atomic mass is 10.1. The van der Waals surface area contributed by atoms with Gasteiger partial charge in [-0.3, -0.25) is 9.89 Å². The average molecular weight is 453 g/mol. The monoisotopic (exact) mass is 452 g/mol. The molecule has 170 valence electrons. The van der Waals surface area contributed by atoms with Gasteiger partial charge in [-0.05, 0) is 31.4 Å². The Hall–Kier alpha value is -2.63. The van der Waals surface area contributed by atoms with Crippen LogP contribution in [0.1, 0.15) is 28.0 Å². The minimum absolute atomic E-state index is 0.0220. The first-order chi connectivity index (χ1) is 14.9. The maximum atomic E-state index is 13.1. The third kappa shape index (κ3) is 5.17. The van der Waals surface area contributed by atoms with Gasteiger partial charge in [0, 0.05) is 31.4 Å². The molecule has 3 rings (SSSR count). The Kier molecular flexibility index (Phi) is 7.52. The highest BCUT2D eigenvalue weighted by Crippen LogP contribution is 2.35. The van der Waals surface area contributed by atoms with Crippen molar-refractivity contribution in [1.29, 1.82) is 0 Å². The molecule has 0 spiro atoms. The predicted molar refractivity (Wildman–Crippen MR) is 113 cm³/mol. The first-order valence-corrected chi connectivity index (χ1v) is 11.4. The topological polar surface area (TPSA) is 123 Å². The Morgan fingerprint density at radius 2 is 2.00 bits per heavy atom. The summed E-state index contributed by atoms with van der Waals surface area (Å²) in [6, 6.07) is 2.71. The molecular formula is C20H28N4O6S. The number of ether oxygens (including phenoxy) is 3. The normalized spacial score (nSPS) is 14.9. The molecule has 1 amide bonds. The van der Waals surface area contributed by atoms with Crippen LogP contribution in [0.5, 0.6) is 11.5 Å². The summed E-state index contributed by atoms with van der Waals surface area (Å²) in [5, 5.41) is 9.70. The van der Waals surface area contributed by atoms with Gasteiger partial charge in [0.05, 0.1) is 44.1 Å². The van der Waals surface area contributed by atoms with Crippen LogP contribution in [0, 0.1) is 6.92 Å². The van der Waals surface area contributed by atoms with Gasteiger partial charge >= 0.3 is 0 Å². The van der Waals surface area contributed by atoms with Gasteiger partial charge in [-0.25, -0.2) is 8.42 Å². The highest BCUT2D eigenvalue weighted by Gasteiger charge is 2.30. The van der Waals surface area contributed by atoms with Gasteiger partial charge in [-0.2, -0.15) is 9.40 Å². The van der Waals surface area contributed by atoms with Crippen LogP contribution in [0.4, 0.5) is 0 Å². The minimum atomic E-state index is -3.81. The van der Waals surface area contributed by atoms with Gasteiger partial charge in [0.1, 0.15) is 0 Å². The van der Waals surface area contributed by atoms with Crippen molar-refractivity contribution in [2.75, 3.05) is 47.1 Å². The number of rotatable bonds is 9. The van der Waals surface area contributed by atoms with Gasteiger partial charge < -0.3 is 19.5 Å². The predicted octanol–water partition coefficient (Wildman–Crippen LogP) is 1.12. The number of amides is 1. The quantitative estimate of drug-likeness (QED) is 0.547. The molecule has 0 bridgehead atoms. The summed E-state index contributed by atoms with van der Waals surface area (Å²) in [4.78, 5) is 12.9. The number of H-pyrrole nitrogens is 1. The summed E-state index contributed by atoms with van der Waals surface area (Å²) in [5.41, 5.74) is 2.19. The van der Waals surface area contributed by atoms with E-state index in [1.165, 1.54) is 30.7 Å². The lowest BCUT2D eigenvalue weighted by molar-refractivity contribution is 0.0730. The number of aryl methyl sites for hydroxylation is 2. The van der Waals surface area contributed by atoms with Gasteiger partial charge in [-0.1, -0.05) is 0 Å². The first kappa shape index (κ1) is 23.0. The Balaban J connectivity index is 1.79. The van der Waals surface area contributed by atoms with E-state index in [1.54, 1.807) is 6.20 Å². The molecule has 1 aliphatic heterocycles. The number of benzene rings is 1. The zero-order chi connectivity index (χ0) is 22.4. The number of sulfonamides is 1. The van der Waals surface area contributed by atoms with Crippen molar-refractivity contribution in [2.45, 2.75) is 24.7 Å². The van der Waals surface area contributed by atoms with Crippen LogP contribution in [0.3, 0.4) is 0 Å². The number of aromatic amines is 1. The third-order valence-electron chi connectivity index (χ3n) is 5.15. The van der Waals surface area contributed by atoms with E-state index in [0.29, 0.717) is 26.2 Å². The lowest BCUT2D eigenvalue weighted by Gasteiger charge is -2.26. The zero-order valence-electron chi connectivity index (χ0n) is 17.9. The SMILES string of the molecule is COc1cc(S(=O)(=O)N2CCOCC2)cc(C(=O)NCCCc2cn[nH]c2C)c1OC. The summed E-state index contributed by atoms with van der Waals surface area (Å²) in [7, 11) is -0.998. The summed E-state index contributed by atoms with van der Waals surface area (Å²) < 4.78 is 43.4. The van der Waals surface area contributed by atoms with E-state index < -0.39 is 15.9 Å². The molecular weight excluding hydrogens is 424 g/mol. The molecule has 2 N–H and O–H groups in total. The third-order valence-corrected chi connectivity index (χ3v) is 7.02. The van der Waals surface area contributed by atoms with Gasteiger partial charge in [0.15, 0.2) is 11.5 Å². The second-order valence-corrected chi connectivity index (χ2v) is 9.04. The second-order valence-electron chi connectivity index (χ2n) is 7.10. The molecule has 0 aliphatic carbocycles. The number of aromatic nitrogens is 2. The standard InChI is InChI=1S/C20H28N4O6S/c1-14-15(13-22-23-14)5-4-6-21-20(25)17-11-16(12-18(28-2)19(17)29-3)31(26,27)24-7-9-30-10-8-24/h11-13H,4-10H2,1-3H3,(H,21,25)(H,22,23). The zero-order valence-corrected chi connectivity index (χ0v) is 18.8. The van der Waals surface area contributed by atoms with Crippen molar-refractivity contribution >= 4 is 15.9 Å². The van der Waals surface area contributed by atoms with Crippen molar-refractivity contribution in [3.05, 3.63) is 35.2 Å². The number of nitrogens with one attached hydrogen (secondary N) is 2. The van der Waals surface area contributed by atoms with E-state index in [0.717, 1.165) is 17.7 Å². The molecule has 0 unspecified atom stereocenters. The summed E-state index contributed by atoms with van der Waals surface area (Å²) >= 11 is 0. The second kappa shape index (κ2) is 10.1. The van der Waals surface area contributed by atoms with E-state index >= 15 is 0 Å². The first-order valence-electron chi connectivity index (χ1n) is 9.99. The molecule has 1 aromatic heterocycles. The smallest absolute Gasteiger partial charge is 0.255 e. The van der Waals surface area contributed by atoms with Gasteiger partial charge in [0.2, 0.25) is 10.0 Å². The van der Waals surface area contributed by atoms with Crippen molar-refractivity contribution in [2.24, 2.45) is 0 Å². The molecule has 2 heterocycles. The highest BCUT2D eigenvalue weighted by molar-refractivity contribution is 7.89. The number of methoxy groups -OCH3 is 2. The van der Waals surface area contributed by atoms with Crippen LogP contribution in [0.25, 0.3) is 0 Å². The Morgan fingerprint density at radius 1 is 1.26 bits per heavy atom. The molecule has 1 aliphatic rings. The fraction of sp³-hybridized carbons (Fsp3) is 0.500. The van der Waals surface area contributed by atoms with Crippen LogP contribution in [-0.4, -0.2) is 75.9 Å². The summed E-state index contributed by atoms with van der Waals surface area (Å²) in [6.45, 7) is 3.52. The van der Waals surface area contributed by atoms with Crippen molar-refractivity contribution in [3.8, 4) is 11.5 Å². The molecule has 0 atom stereocenters. The van der Waals surface area contributed by atoms with Crippen LogP contribution in [0.15, 0.2) is 23.2 Å². The Labute approximate surface area is 181 Å². The van der Waals surface area contributed by atoms with E-state index in [4.69, 9.17) is 14.2 Å². The molecule has 11 heteroatoms. The number of nitrogens with zero attached hydrogens (tertiary/aromatic N) is 2. The molecule has 0 saturated carbocycles. The fourth-order valence-electron chi connectivity index (χ4n) is 3.40. The maximum absolute atomic E-state index is 13.1. The highest BCUT2D eigenvalue weighted by atomic mass is 32.2. The van der Waals surface area contributed by atoms with E-state index in [2.05, 4.69) is 15.5 Å². The molecule has 2 aromatic rings. The minimum Gasteiger partial charge on any atom is -0.493 e. The number of hydrogen-bond donors (Lipinski definition) is 2. The number of morpholine rings is 1. The van der Waals surface area contributed by atoms with Gasteiger partial charge in [0.25, 0.3) is 5.91 Å². The molecule has 1 aromatic carbocycles. The van der Waals surface area contributed by atoms with Crippen LogP contribution < -0.4 is 14.8 Å². The Morgan fingerprint density at radius 3 is 2.61 bits per heavy atom. The maximum Gasteiger partial charge on any atom is 0.255 e. The largest absolute Gasteiger partial charge is 0.493 e. The number of hydrogen-bond acceptors (Lipinski definition) is 7. The molecule has 0 radical (unpaired) electrons. The molecule has 1 saturated heterocycles. The lowest BCUT2D eigenvalue weighted by Crippen LogP contribution is -2.40. The van der Waals surface area contributed by atoms with E-state index in [9.17, 15) is 13.2 Å². The average Bonchev–Trinajstić information content (AvgIpc) is 3.20. The molecule has 1 fully saturated rings. The van der Waals surface area contributed by atoms with Crippen LogP contribution >= 0.6 is 0 Å². The number of carbonyl (C=O) groups is 1. The Bertz CT molecular complexity index is 1010. The summed E-state index contributed by atoms with van der Waals surface area (Å²) in [6.07, 6.45) is 3.23. The van der Waals surface area contributed by atoms with Crippen LogP contribution in [-0.2, 0) is 21.2 Å². The van der Waals surface area contributed by atoms with Crippen LogP contribution in [0.2, 0.25) is 0 Å². The molecule has 10 nitrogen and oxygen atoms in total. The molecule has 31 heavy (non-hydrogen) atoms.